The minimum atomic E-state index is -2.77. The molecule has 10 heteroatoms. The SMILES string of the molecule is COc1cc(C(=O)NCC2CCCCC2(F)F)ccc1-c1cc2nccc(-c3ccc(OC4CCOCC4)c(C#N)c3)c2o1. The molecule has 2 aliphatic rings. The third-order valence-corrected chi connectivity index (χ3v) is 8.43. The number of carbonyl (C=O) groups excluding carboxylic acids is 1. The lowest BCUT2D eigenvalue weighted by Gasteiger charge is -2.31. The first-order valence-corrected chi connectivity index (χ1v) is 14.9. The predicted molar refractivity (Wildman–Crippen MR) is 160 cm³/mol. The summed E-state index contributed by atoms with van der Waals surface area (Å²) in [6.45, 7) is 1.20. The second-order valence-corrected chi connectivity index (χ2v) is 11.3. The molecule has 0 bridgehead atoms. The normalized spacial score (nSPS) is 18.5. The molecule has 44 heavy (non-hydrogen) atoms. The van der Waals surface area contributed by atoms with Crippen LogP contribution >= 0.6 is 0 Å². The third kappa shape index (κ3) is 6.10. The quantitative estimate of drug-likeness (QED) is 0.228. The van der Waals surface area contributed by atoms with E-state index < -0.39 is 17.7 Å². The van der Waals surface area contributed by atoms with Gasteiger partial charge in [0.15, 0.2) is 5.58 Å². The van der Waals surface area contributed by atoms with E-state index in [-0.39, 0.29) is 19.1 Å². The number of furan rings is 1. The van der Waals surface area contributed by atoms with Crippen molar-refractivity contribution in [1.29, 1.82) is 5.26 Å². The van der Waals surface area contributed by atoms with Crippen LogP contribution in [0.1, 0.15) is 54.4 Å². The Morgan fingerprint density at radius 2 is 1.91 bits per heavy atom. The monoisotopic (exact) mass is 601 g/mol. The average Bonchev–Trinajstić information content (AvgIpc) is 3.49. The van der Waals surface area contributed by atoms with Gasteiger partial charge in [0.2, 0.25) is 0 Å². The summed E-state index contributed by atoms with van der Waals surface area (Å²) in [5.41, 5.74) is 3.99. The van der Waals surface area contributed by atoms with E-state index in [1.807, 2.05) is 18.2 Å². The van der Waals surface area contributed by atoms with Crippen LogP contribution in [0.15, 0.2) is 59.1 Å². The van der Waals surface area contributed by atoms with E-state index in [9.17, 15) is 18.8 Å². The number of hydrogen-bond donors (Lipinski definition) is 1. The number of halogens is 2. The smallest absolute Gasteiger partial charge is 0.252 e. The number of rotatable bonds is 8. The van der Waals surface area contributed by atoms with Crippen molar-refractivity contribution in [2.24, 2.45) is 5.92 Å². The highest BCUT2D eigenvalue weighted by Gasteiger charge is 2.41. The summed E-state index contributed by atoms with van der Waals surface area (Å²) in [6, 6.07) is 16.2. The zero-order chi connectivity index (χ0) is 30.7. The lowest BCUT2D eigenvalue weighted by Crippen LogP contribution is -2.40. The molecule has 1 unspecified atom stereocenters. The number of fused-ring (bicyclic) bond motifs is 1. The van der Waals surface area contributed by atoms with Gasteiger partial charge in [-0.05, 0) is 54.8 Å². The highest BCUT2D eigenvalue weighted by molar-refractivity contribution is 5.96. The predicted octanol–water partition coefficient (Wildman–Crippen LogP) is 7.16. The maximum Gasteiger partial charge on any atom is 0.252 e. The minimum absolute atomic E-state index is 0.0102. The Bertz CT molecular complexity index is 1710. The number of nitriles is 1. The fourth-order valence-corrected chi connectivity index (χ4v) is 5.93. The summed E-state index contributed by atoms with van der Waals surface area (Å²) in [6.07, 6.45) is 4.74. The van der Waals surface area contributed by atoms with Gasteiger partial charge in [0.05, 0.1) is 31.5 Å². The molecule has 4 aromatic rings. The van der Waals surface area contributed by atoms with Crippen molar-refractivity contribution >= 4 is 17.0 Å². The molecule has 8 nitrogen and oxygen atoms in total. The number of alkyl halides is 2. The summed E-state index contributed by atoms with van der Waals surface area (Å²) in [5.74, 6) is -2.66. The molecule has 228 valence electrons. The number of methoxy groups -OCH3 is 1. The summed E-state index contributed by atoms with van der Waals surface area (Å²) < 4.78 is 51.9. The number of benzene rings is 2. The van der Waals surface area contributed by atoms with Crippen LogP contribution in [0.3, 0.4) is 0 Å². The number of hydrogen-bond acceptors (Lipinski definition) is 7. The Morgan fingerprint density at radius 3 is 2.68 bits per heavy atom. The van der Waals surface area contributed by atoms with Crippen LogP contribution < -0.4 is 14.8 Å². The van der Waals surface area contributed by atoms with Crippen molar-refractivity contribution in [3.8, 4) is 40.0 Å². The van der Waals surface area contributed by atoms with E-state index in [4.69, 9.17) is 18.6 Å². The Labute approximate surface area is 253 Å². The molecule has 2 aromatic heterocycles. The largest absolute Gasteiger partial charge is 0.496 e. The Balaban J connectivity index is 1.24. The van der Waals surface area contributed by atoms with Crippen LogP contribution in [-0.4, -0.2) is 49.8 Å². The van der Waals surface area contributed by atoms with Crippen molar-refractivity contribution < 1.29 is 32.2 Å². The second kappa shape index (κ2) is 12.6. The van der Waals surface area contributed by atoms with Crippen molar-refractivity contribution in [2.45, 2.75) is 50.6 Å². The zero-order valence-electron chi connectivity index (χ0n) is 24.4. The number of nitrogens with zero attached hydrogens (tertiary/aromatic N) is 2. The van der Waals surface area contributed by atoms with E-state index in [0.717, 1.165) is 30.4 Å². The van der Waals surface area contributed by atoms with Gasteiger partial charge in [-0.3, -0.25) is 9.78 Å². The summed E-state index contributed by atoms with van der Waals surface area (Å²) in [4.78, 5) is 17.3. The van der Waals surface area contributed by atoms with Gasteiger partial charge in [-0.25, -0.2) is 8.78 Å². The number of nitrogens with one attached hydrogen (secondary N) is 1. The molecule has 1 saturated carbocycles. The molecule has 1 N–H and O–H groups in total. The van der Waals surface area contributed by atoms with Crippen LogP contribution in [0.4, 0.5) is 8.78 Å². The molecule has 1 aliphatic heterocycles. The molecular weight excluding hydrogens is 568 g/mol. The van der Waals surface area contributed by atoms with Crippen LogP contribution in [-0.2, 0) is 4.74 Å². The molecule has 6 rings (SSSR count). The molecule has 1 amide bonds. The molecule has 1 saturated heterocycles. The lowest BCUT2D eigenvalue weighted by atomic mass is 9.85. The average molecular weight is 602 g/mol. The molecule has 1 aliphatic carbocycles. The highest BCUT2D eigenvalue weighted by atomic mass is 19.3. The molecular formula is C34H33F2N3O5. The first-order chi connectivity index (χ1) is 21.4. The van der Waals surface area contributed by atoms with Crippen molar-refractivity contribution in [3.05, 3.63) is 65.9 Å². The number of aromatic nitrogens is 1. The van der Waals surface area contributed by atoms with Crippen molar-refractivity contribution in [3.63, 3.8) is 0 Å². The lowest BCUT2D eigenvalue weighted by molar-refractivity contribution is -0.0835. The highest BCUT2D eigenvalue weighted by Crippen LogP contribution is 2.40. The first kappa shape index (κ1) is 29.6. The maximum absolute atomic E-state index is 14.2. The summed E-state index contributed by atoms with van der Waals surface area (Å²) >= 11 is 0. The third-order valence-electron chi connectivity index (χ3n) is 8.43. The van der Waals surface area contributed by atoms with Crippen LogP contribution in [0, 0.1) is 17.2 Å². The van der Waals surface area contributed by atoms with Gasteiger partial charge in [-0.2, -0.15) is 5.26 Å². The van der Waals surface area contributed by atoms with E-state index in [0.29, 0.717) is 71.1 Å². The number of amides is 1. The number of carbonyl (C=O) groups is 1. The van der Waals surface area contributed by atoms with Gasteiger partial charge >= 0.3 is 0 Å². The molecule has 0 spiro atoms. The molecule has 3 heterocycles. The minimum Gasteiger partial charge on any atom is -0.496 e. The molecule has 2 aromatic carbocycles. The van der Waals surface area contributed by atoms with Crippen molar-refractivity contribution in [1.82, 2.24) is 10.3 Å². The number of ether oxygens (including phenoxy) is 3. The van der Waals surface area contributed by atoms with Gasteiger partial charge in [0.25, 0.3) is 11.8 Å². The second-order valence-electron chi connectivity index (χ2n) is 11.3. The van der Waals surface area contributed by atoms with Gasteiger partial charge in [0.1, 0.15) is 34.9 Å². The molecule has 1 atom stereocenters. The van der Waals surface area contributed by atoms with E-state index in [1.54, 1.807) is 36.5 Å². The van der Waals surface area contributed by atoms with E-state index >= 15 is 0 Å². The van der Waals surface area contributed by atoms with Gasteiger partial charge in [0, 0.05) is 55.1 Å². The summed E-state index contributed by atoms with van der Waals surface area (Å²) in [5, 5.41) is 12.5. The molecule has 2 fully saturated rings. The fourth-order valence-electron chi connectivity index (χ4n) is 5.93. The Kier molecular flexibility index (Phi) is 8.49. The Hall–Kier alpha value is -4.49. The topological polar surface area (TPSA) is 107 Å². The van der Waals surface area contributed by atoms with Crippen molar-refractivity contribution in [2.75, 3.05) is 26.9 Å². The van der Waals surface area contributed by atoms with Gasteiger partial charge < -0.3 is 23.9 Å². The van der Waals surface area contributed by atoms with Crippen LogP contribution in [0.25, 0.3) is 33.6 Å². The Morgan fingerprint density at radius 1 is 1.07 bits per heavy atom. The zero-order valence-corrected chi connectivity index (χ0v) is 24.4. The fraction of sp³-hybridized carbons (Fsp3) is 0.382. The van der Waals surface area contributed by atoms with E-state index in [1.165, 1.54) is 7.11 Å². The first-order valence-electron chi connectivity index (χ1n) is 14.9. The molecule has 0 radical (unpaired) electrons. The standard InChI is InChI=1S/C34H33F2N3O5/c1-41-30-17-22(33(40)39-20-24-4-2-3-12-34(24,35)36)5-7-27(30)31-18-28-32(44-31)26(9-13-38-28)21-6-8-29(23(16-21)19-37)43-25-10-14-42-15-11-25/h5-9,13,16-18,24-25H,2-4,10-12,14-15,20H2,1H3,(H,39,40). The number of pyridine rings is 1. The van der Waals surface area contributed by atoms with Gasteiger partial charge in [-0.1, -0.05) is 12.5 Å². The summed E-state index contributed by atoms with van der Waals surface area (Å²) in [7, 11) is 1.49. The van der Waals surface area contributed by atoms with E-state index in [2.05, 4.69) is 16.4 Å². The van der Waals surface area contributed by atoms with Crippen LogP contribution in [0.2, 0.25) is 0 Å². The maximum atomic E-state index is 14.2. The van der Waals surface area contributed by atoms with Crippen LogP contribution in [0.5, 0.6) is 11.5 Å². The van der Waals surface area contributed by atoms with Gasteiger partial charge in [-0.15, -0.1) is 0 Å².